The molecule has 0 fully saturated rings. The molecule has 1 aromatic heterocycles. The molecular formula is C28H35N3O5S. The highest BCUT2D eigenvalue weighted by molar-refractivity contribution is 7.09. The minimum Gasteiger partial charge on any atom is -0.493 e. The highest BCUT2D eigenvalue weighted by atomic mass is 32.1. The first kappa shape index (κ1) is 28.0. The number of benzene rings is 2. The molecule has 198 valence electrons. The number of amides is 3. The number of nitrogens with one attached hydrogen (secondary N) is 1. The molecule has 0 spiro atoms. The molecule has 3 aromatic rings. The van der Waals surface area contributed by atoms with Crippen LogP contribution in [-0.4, -0.2) is 69.3 Å². The van der Waals surface area contributed by atoms with Crippen LogP contribution in [0.15, 0.2) is 60.0 Å². The number of ether oxygens (including phenoxy) is 3. The van der Waals surface area contributed by atoms with Gasteiger partial charge in [0.25, 0.3) is 0 Å². The van der Waals surface area contributed by atoms with Gasteiger partial charge in [-0.05, 0) is 54.6 Å². The Morgan fingerprint density at radius 2 is 1.68 bits per heavy atom. The number of anilines is 1. The lowest BCUT2D eigenvalue weighted by Gasteiger charge is -2.28. The Hall–Kier alpha value is -3.56. The lowest BCUT2D eigenvalue weighted by molar-refractivity contribution is -0.132. The smallest absolute Gasteiger partial charge is 0.322 e. The zero-order valence-electron chi connectivity index (χ0n) is 21.9. The number of hydrogen-bond acceptors (Lipinski definition) is 6. The molecule has 3 rings (SSSR count). The van der Waals surface area contributed by atoms with Crippen LogP contribution >= 0.6 is 11.3 Å². The van der Waals surface area contributed by atoms with E-state index in [1.54, 1.807) is 37.6 Å². The van der Waals surface area contributed by atoms with E-state index < -0.39 is 0 Å². The Kier molecular flexibility index (Phi) is 10.8. The Bertz CT molecular complexity index is 1140. The maximum atomic E-state index is 13.5. The number of carbonyl (C=O) groups is 2. The van der Waals surface area contributed by atoms with E-state index in [-0.39, 0.29) is 18.5 Å². The number of aryl methyl sites for hydroxylation is 1. The first-order valence-corrected chi connectivity index (χ1v) is 12.9. The van der Waals surface area contributed by atoms with Gasteiger partial charge in [0.2, 0.25) is 5.91 Å². The third kappa shape index (κ3) is 8.51. The van der Waals surface area contributed by atoms with Crippen LogP contribution in [0.1, 0.15) is 16.0 Å². The summed E-state index contributed by atoms with van der Waals surface area (Å²) < 4.78 is 15.9. The zero-order valence-corrected chi connectivity index (χ0v) is 22.7. The number of hydrogen-bond donors (Lipinski definition) is 1. The molecule has 3 amide bonds. The maximum Gasteiger partial charge on any atom is 0.322 e. The molecule has 37 heavy (non-hydrogen) atoms. The van der Waals surface area contributed by atoms with Gasteiger partial charge in [-0.3, -0.25) is 4.79 Å². The van der Waals surface area contributed by atoms with Crippen molar-refractivity contribution in [3.8, 4) is 11.5 Å². The van der Waals surface area contributed by atoms with E-state index in [2.05, 4.69) is 5.32 Å². The first-order chi connectivity index (χ1) is 17.9. The lowest BCUT2D eigenvalue weighted by atomic mass is 10.1. The fraction of sp³-hybridized carbons (Fsp3) is 0.357. The average Bonchev–Trinajstić information content (AvgIpc) is 3.43. The number of methoxy groups -OCH3 is 3. The van der Waals surface area contributed by atoms with Crippen molar-refractivity contribution < 1.29 is 23.8 Å². The Labute approximate surface area is 222 Å². The summed E-state index contributed by atoms with van der Waals surface area (Å²) in [4.78, 5) is 30.9. The molecule has 0 aliphatic carbocycles. The predicted octanol–water partition coefficient (Wildman–Crippen LogP) is 4.83. The maximum absolute atomic E-state index is 13.5. The minimum absolute atomic E-state index is 0.0572. The molecule has 0 aliphatic heterocycles. The highest BCUT2D eigenvalue weighted by Gasteiger charge is 2.22. The van der Waals surface area contributed by atoms with E-state index in [0.29, 0.717) is 49.8 Å². The topological polar surface area (TPSA) is 80.3 Å². The second kappa shape index (κ2) is 14.2. The van der Waals surface area contributed by atoms with Crippen LogP contribution in [0.25, 0.3) is 0 Å². The standard InChI is InChI=1S/C28H35N3O5S/c1-21-7-10-23(11-8-21)29-28(33)31(15-16-34-2)20-27(32)30(19-24-6-5-17-37-24)14-13-22-9-12-25(35-3)26(18-22)36-4/h5-12,17-18H,13-16,19-20H2,1-4H3,(H,29,33). The SMILES string of the molecule is COCCN(CC(=O)N(CCc1ccc(OC)c(OC)c1)Cc1cccs1)C(=O)Nc1ccc(C)cc1. The van der Waals surface area contributed by atoms with Crippen LogP contribution in [0, 0.1) is 6.92 Å². The van der Waals surface area contributed by atoms with Gasteiger partial charge < -0.3 is 29.3 Å². The first-order valence-electron chi connectivity index (χ1n) is 12.1. The Morgan fingerprint density at radius 1 is 0.919 bits per heavy atom. The van der Waals surface area contributed by atoms with E-state index in [9.17, 15) is 9.59 Å². The van der Waals surface area contributed by atoms with Crippen molar-refractivity contribution in [1.29, 1.82) is 0 Å². The molecule has 0 radical (unpaired) electrons. The molecule has 2 aromatic carbocycles. The van der Waals surface area contributed by atoms with E-state index in [0.717, 1.165) is 16.0 Å². The monoisotopic (exact) mass is 525 g/mol. The number of rotatable bonds is 13. The van der Waals surface area contributed by atoms with E-state index in [4.69, 9.17) is 14.2 Å². The molecule has 0 bridgehead atoms. The van der Waals surface area contributed by atoms with Gasteiger partial charge >= 0.3 is 6.03 Å². The van der Waals surface area contributed by atoms with Crippen LogP contribution < -0.4 is 14.8 Å². The zero-order chi connectivity index (χ0) is 26.6. The molecule has 0 atom stereocenters. The fourth-order valence-corrected chi connectivity index (χ4v) is 4.46. The molecular weight excluding hydrogens is 490 g/mol. The summed E-state index contributed by atoms with van der Waals surface area (Å²) >= 11 is 1.60. The van der Waals surface area contributed by atoms with Gasteiger partial charge in [0.1, 0.15) is 6.54 Å². The molecule has 0 saturated heterocycles. The highest BCUT2D eigenvalue weighted by Crippen LogP contribution is 2.28. The third-order valence-electron chi connectivity index (χ3n) is 5.88. The number of thiophene rings is 1. The second-order valence-corrected chi connectivity index (χ2v) is 9.58. The number of nitrogens with zero attached hydrogens (tertiary/aromatic N) is 2. The van der Waals surface area contributed by atoms with Crippen molar-refractivity contribution in [3.63, 3.8) is 0 Å². The predicted molar refractivity (Wildman–Crippen MR) is 147 cm³/mol. The molecule has 9 heteroatoms. The summed E-state index contributed by atoms with van der Waals surface area (Å²) in [6, 6.07) is 16.9. The summed E-state index contributed by atoms with van der Waals surface area (Å²) in [5.74, 6) is 1.17. The fourth-order valence-electron chi connectivity index (χ4n) is 3.74. The van der Waals surface area contributed by atoms with Crippen LogP contribution in [-0.2, 0) is 22.5 Å². The van der Waals surface area contributed by atoms with Crippen molar-refractivity contribution in [3.05, 3.63) is 76.0 Å². The quantitative estimate of drug-likeness (QED) is 0.346. The summed E-state index contributed by atoms with van der Waals surface area (Å²) in [5.41, 5.74) is 2.80. The van der Waals surface area contributed by atoms with Gasteiger partial charge in [-0.1, -0.05) is 29.8 Å². The second-order valence-electron chi connectivity index (χ2n) is 8.54. The summed E-state index contributed by atoms with van der Waals surface area (Å²) in [6.45, 7) is 3.51. The van der Waals surface area contributed by atoms with Crippen molar-refractivity contribution in [2.24, 2.45) is 0 Å². The van der Waals surface area contributed by atoms with Crippen molar-refractivity contribution in [2.45, 2.75) is 19.9 Å². The van der Waals surface area contributed by atoms with E-state index in [1.165, 1.54) is 4.90 Å². The van der Waals surface area contributed by atoms with Gasteiger partial charge in [0, 0.05) is 30.8 Å². The van der Waals surface area contributed by atoms with Gasteiger partial charge in [0.05, 0.1) is 27.4 Å². The molecule has 0 aliphatic rings. The lowest BCUT2D eigenvalue weighted by Crippen LogP contribution is -2.46. The minimum atomic E-state index is -0.342. The van der Waals surface area contributed by atoms with Crippen molar-refractivity contribution >= 4 is 29.0 Å². The molecule has 8 nitrogen and oxygen atoms in total. The summed E-state index contributed by atoms with van der Waals surface area (Å²) in [5, 5.41) is 4.88. The van der Waals surface area contributed by atoms with Crippen LogP contribution in [0.5, 0.6) is 11.5 Å². The summed E-state index contributed by atoms with van der Waals surface area (Å²) in [7, 11) is 4.78. The van der Waals surface area contributed by atoms with E-state index in [1.807, 2.05) is 66.9 Å². The number of carbonyl (C=O) groups excluding carboxylic acids is 2. The van der Waals surface area contributed by atoms with Crippen LogP contribution in [0.2, 0.25) is 0 Å². The van der Waals surface area contributed by atoms with E-state index >= 15 is 0 Å². The largest absolute Gasteiger partial charge is 0.493 e. The summed E-state index contributed by atoms with van der Waals surface area (Å²) in [6.07, 6.45) is 0.630. The van der Waals surface area contributed by atoms with Crippen LogP contribution in [0.3, 0.4) is 0 Å². The molecule has 1 heterocycles. The van der Waals surface area contributed by atoms with Crippen molar-refractivity contribution in [1.82, 2.24) is 9.80 Å². The van der Waals surface area contributed by atoms with Crippen LogP contribution in [0.4, 0.5) is 10.5 Å². The Balaban J connectivity index is 1.72. The normalized spacial score (nSPS) is 10.6. The van der Waals surface area contributed by atoms with Gasteiger partial charge in [-0.2, -0.15) is 0 Å². The average molecular weight is 526 g/mol. The van der Waals surface area contributed by atoms with Gasteiger partial charge in [-0.25, -0.2) is 4.79 Å². The Morgan fingerprint density at radius 3 is 2.32 bits per heavy atom. The van der Waals surface area contributed by atoms with Gasteiger partial charge in [0.15, 0.2) is 11.5 Å². The molecule has 1 N–H and O–H groups in total. The molecule has 0 unspecified atom stereocenters. The number of urea groups is 1. The molecule has 0 saturated carbocycles. The van der Waals surface area contributed by atoms with Gasteiger partial charge in [-0.15, -0.1) is 11.3 Å². The third-order valence-corrected chi connectivity index (χ3v) is 6.74. The van der Waals surface area contributed by atoms with Crippen molar-refractivity contribution in [2.75, 3.05) is 52.9 Å².